The molecule has 0 bridgehead atoms. The third-order valence-electron chi connectivity index (χ3n) is 3.75. The molecule has 104 valence electrons. The second-order valence-corrected chi connectivity index (χ2v) is 6.16. The first-order valence-corrected chi connectivity index (χ1v) is 7.17. The van der Waals surface area contributed by atoms with E-state index in [1.54, 1.807) is 6.92 Å². The predicted molar refractivity (Wildman–Crippen MR) is 67.0 cm³/mol. The number of amides is 1. The smallest absolute Gasteiger partial charge is 0.353 e. The molecule has 3 aliphatic heterocycles. The van der Waals surface area contributed by atoms with Crippen LogP contribution in [0.2, 0.25) is 0 Å². The minimum atomic E-state index is -1.10. The van der Waals surface area contributed by atoms with Gasteiger partial charge in [-0.25, -0.2) is 4.79 Å². The van der Waals surface area contributed by atoms with Gasteiger partial charge in [-0.05, 0) is 19.8 Å². The van der Waals surface area contributed by atoms with Crippen molar-refractivity contribution < 1.29 is 24.5 Å². The maximum atomic E-state index is 12.0. The van der Waals surface area contributed by atoms with Crippen LogP contribution < -0.4 is 0 Å². The number of carbonyl (C=O) groups excluding carboxylic acids is 1. The molecule has 7 heteroatoms. The molecule has 3 rings (SSSR count). The zero-order valence-corrected chi connectivity index (χ0v) is 11.2. The van der Waals surface area contributed by atoms with Crippen LogP contribution in [0.25, 0.3) is 0 Å². The fourth-order valence-corrected chi connectivity index (χ4v) is 4.52. The van der Waals surface area contributed by atoms with E-state index in [9.17, 15) is 19.8 Å². The lowest BCUT2D eigenvalue weighted by molar-refractivity contribution is -0.156. The number of aliphatic hydroxyl groups is 1. The number of aliphatic hydroxyl groups excluding tert-OH is 1. The fourth-order valence-electron chi connectivity index (χ4n) is 2.82. The van der Waals surface area contributed by atoms with Crippen LogP contribution in [0.3, 0.4) is 0 Å². The van der Waals surface area contributed by atoms with E-state index >= 15 is 0 Å². The number of β-lactam (4-membered cyclic amide) rings is 1. The number of rotatable bonds is 3. The van der Waals surface area contributed by atoms with E-state index in [-0.39, 0.29) is 23.1 Å². The molecular formula is C12H15NO5S. The Morgan fingerprint density at radius 1 is 1.58 bits per heavy atom. The molecule has 0 aromatic rings. The fraction of sp³-hybridized carbons (Fsp3) is 0.667. The molecule has 0 aliphatic carbocycles. The highest BCUT2D eigenvalue weighted by Crippen LogP contribution is 2.52. The highest BCUT2D eigenvalue weighted by atomic mass is 32.2. The maximum Gasteiger partial charge on any atom is 0.353 e. The molecule has 2 fully saturated rings. The van der Waals surface area contributed by atoms with Gasteiger partial charge in [0.05, 0.1) is 18.1 Å². The number of carbonyl (C=O) groups is 2. The predicted octanol–water partition coefficient (Wildman–Crippen LogP) is 0.374. The van der Waals surface area contributed by atoms with E-state index in [0.29, 0.717) is 11.5 Å². The summed E-state index contributed by atoms with van der Waals surface area (Å²) >= 11 is 1.35. The van der Waals surface area contributed by atoms with Crippen molar-refractivity contribution in [1.82, 2.24) is 4.90 Å². The molecule has 0 saturated carbocycles. The van der Waals surface area contributed by atoms with E-state index < -0.39 is 18.0 Å². The van der Waals surface area contributed by atoms with Crippen LogP contribution in [0, 0.1) is 5.92 Å². The molecule has 3 aliphatic rings. The third kappa shape index (κ3) is 1.79. The number of nitrogens with zero attached hydrogens (tertiary/aromatic N) is 1. The summed E-state index contributed by atoms with van der Waals surface area (Å²) in [7, 11) is 0. The molecule has 19 heavy (non-hydrogen) atoms. The first kappa shape index (κ1) is 13.0. The molecule has 0 aromatic heterocycles. The van der Waals surface area contributed by atoms with Crippen molar-refractivity contribution in [2.45, 2.75) is 37.3 Å². The lowest BCUT2D eigenvalue weighted by Crippen LogP contribution is -2.60. The van der Waals surface area contributed by atoms with E-state index in [0.717, 1.165) is 12.8 Å². The Kier molecular flexibility index (Phi) is 3.07. The van der Waals surface area contributed by atoms with Gasteiger partial charge in [0.1, 0.15) is 11.1 Å². The Hall–Kier alpha value is -1.05. The molecule has 0 spiro atoms. The van der Waals surface area contributed by atoms with Gasteiger partial charge in [0.2, 0.25) is 5.91 Å². The largest absolute Gasteiger partial charge is 0.477 e. The zero-order valence-electron chi connectivity index (χ0n) is 10.4. The van der Waals surface area contributed by atoms with E-state index in [1.165, 1.54) is 16.7 Å². The number of carboxylic acid groups (broad SMARTS) is 1. The maximum absolute atomic E-state index is 12.0. The summed E-state index contributed by atoms with van der Waals surface area (Å²) in [6.45, 7) is 2.19. The molecule has 0 aromatic carbocycles. The lowest BCUT2D eigenvalue weighted by atomic mass is 9.92. The van der Waals surface area contributed by atoms with E-state index in [1.807, 2.05) is 0 Å². The van der Waals surface area contributed by atoms with Crippen LogP contribution in [0.15, 0.2) is 10.6 Å². The van der Waals surface area contributed by atoms with Gasteiger partial charge < -0.3 is 14.9 Å². The second kappa shape index (κ2) is 4.50. The number of aliphatic carboxylic acids is 1. The highest BCUT2D eigenvalue weighted by molar-refractivity contribution is 8.04. The van der Waals surface area contributed by atoms with E-state index in [2.05, 4.69) is 0 Å². The first-order chi connectivity index (χ1) is 9.02. The Morgan fingerprint density at radius 2 is 2.32 bits per heavy atom. The van der Waals surface area contributed by atoms with Crippen molar-refractivity contribution in [3.05, 3.63) is 10.6 Å². The van der Waals surface area contributed by atoms with Gasteiger partial charge in [0.15, 0.2) is 0 Å². The highest BCUT2D eigenvalue weighted by Gasteiger charge is 2.58. The third-order valence-corrected chi connectivity index (χ3v) is 5.21. The van der Waals surface area contributed by atoms with Gasteiger partial charge in [-0.3, -0.25) is 9.69 Å². The Balaban J connectivity index is 1.91. The SMILES string of the molecule is C[C@@H](O)C1C(=O)N2C(C(=O)O)=C(C3CCCO3)SC12. The number of hydrogen-bond donors (Lipinski definition) is 2. The molecule has 2 saturated heterocycles. The van der Waals surface area contributed by atoms with Gasteiger partial charge >= 0.3 is 5.97 Å². The summed E-state index contributed by atoms with van der Waals surface area (Å²) in [5.41, 5.74) is 0.0452. The van der Waals surface area contributed by atoms with Gasteiger partial charge in [-0.15, -0.1) is 0 Å². The van der Waals surface area contributed by atoms with Crippen molar-refractivity contribution >= 4 is 23.6 Å². The molecule has 0 radical (unpaired) electrons. The van der Waals surface area contributed by atoms with Crippen LogP contribution in [0.5, 0.6) is 0 Å². The molecule has 6 nitrogen and oxygen atoms in total. The first-order valence-electron chi connectivity index (χ1n) is 6.29. The molecule has 3 heterocycles. The Bertz CT molecular complexity index is 469. The van der Waals surface area contributed by atoms with Gasteiger partial charge in [0.25, 0.3) is 0 Å². The number of hydrogen-bond acceptors (Lipinski definition) is 5. The normalized spacial score (nSPS) is 35.4. The van der Waals surface area contributed by atoms with Gasteiger partial charge in [-0.2, -0.15) is 0 Å². The number of fused-ring (bicyclic) bond motifs is 1. The molecule has 4 atom stereocenters. The van der Waals surface area contributed by atoms with Crippen molar-refractivity contribution in [1.29, 1.82) is 0 Å². The quantitative estimate of drug-likeness (QED) is 0.729. The minimum Gasteiger partial charge on any atom is -0.477 e. The summed E-state index contributed by atoms with van der Waals surface area (Å²) in [4.78, 5) is 25.3. The topological polar surface area (TPSA) is 87.1 Å². The van der Waals surface area contributed by atoms with Crippen LogP contribution in [-0.2, 0) is 14.3 Å². The van der Waals surface area contributed by atoms with Crippen molar-refractivity contribution in [3.63, 3.8) is 0 Å². The summed E-state index contributed by atoms with van der Waals surface area (Å²) in [5.74, 6) is -1.92. The van der Waals surface area contributed by atoms with E-state index in [4.69, 9.17) is 4.74 Å². The Morgan fingerprint density at radius 3 is 2.84 bits per heavy atom. The molecule has 2 N–H and O–H groups in total. The summed E-state index contributed by atoms with van der Waals surface area (Å²) < 4.78 is 5.53. The number of thioether (sulfide) groups is 1. The minimum absolute atomic E-state index is 0.0452. The number of ether oxygens (including phenoxy) is 1. The zero-order chi connectivity index (χ0) is 13.7. The summed E-state index contributed by atoms with van der Waals surface area (Å²) in [6.07, 6.45) is 0.706. The van der Waals surface area contributed by atoms with Crippen LogP contribution in [0.1, 0.15) is 19.8 Å². The van der Waals surface area contributed by atoms with Gasteiger partial charge in [-0.1, -0.05) is 11.8 Å². The van der Waals surface area contributed by atoms with Crippen LogP contribution in [-0.4, -0.2) is 51.2 Å². The van der Waals surface area contributed by atoms with Crippen molar-refractivity contribution in [3.8, 4) is 0 Å². The molecular weight excluding hydrogens is 270 g/mol. The monoisotopic (exact) mass is 285 g/mol. The Labute approximate surface area is 114 Å². The second-order valence-electron chi connectivity index (χ2n) is 5.00. The van der Waals surface area contributed by atoms with Crippen molar-refractivity contribution in [2.75, 3.05) is 6.61 Å². The average Bonchev–Trinajstić information content (AvgIpc) is 2.92. The molecule has 1 amide bonds. The summed E-state index contributed by atoms with van der Waals surface area (Å²) in [5, 5.41) is 18.6. The van der Waals surface area contributed by atoms with Gasteiger partial charge in [0, 0.05) is 11.5 Å². The standard InChI is InChI=1S/C12H15NO5S/c1-5(14)7-10(15)13-8(12(16)17)9(19-11(7)13)6-3-2-4-18-6/h5-7,11,14H,2-4H2,1H3,(H,16,17)/t5-,6?,7?,11?/m1/s1. The van der Waals surface area contributed by atoms with Crippen molar-refractivity contribution in [2.24, 2.45) is 5.92 Å². The average molecular weight is 285 g/mol. The van der Waals surface area contributed by atoms with Crippen LogP contribution >= 0.6 is 11.8 Å². The summed E-state index contributed by atoms with van der Waals surface area (Å²) in [6, 6.07) is 0. The molecule has 3 unspecified atom stereocenters. The lowest BCUT2D eigenvalue weighted by Gasteiger charge is -2.43. The van der Waals surface area contributed by atoms with Crippen LogP contribution in [0.4, 0.5) is 0 Å². The number of carboxylic acids is 1.